The molecule has 2 fully saturated rings. The van der Waals surface area contributed by atoms with Gasteiger partial charge >= 0.3 is 0 Å². The maximum absolute atomic E-state index is 12.6. The molecule has 0 N–H and O–H groups in total. The lowest BCUT2D eigenvalue weighted by atomic mass is 10.1. The molecule has 6 nitrogen and oxygen atoms in total. The molecule has 0 atom stereocenters. The number of hydrogen-bond acceptors (Lipinski definition) is 3. The van der Waals surface area contributed by atoms with Gasteiger partial charge in [0.1, 0.15) is 0 Å². The van der Waals surface area contributed by atoms with Crippen LogP contribution in [0.3, 0.4) is 0 Å². The molecule has 146 valence electrons. The summed E-state index contributed by atoms with van der Waals surface area (Å²) in [5, 5.41) is 4.62. The molecule has 1 aromatic carbocycles. The average molecular weight is 378 g/mol. The quantitative estimate of drug-likeness (QED) is 0.769. The summed E-state index contributed by atoms with van der Waals surface area (Å²) < 4.78 is 1.90. The van der Waals surface area contributed by atoms with Crippen LogP contribution in [0.2, 0.25) is 0 Å². The van der Waals surface area contributed by atoms with Crippen molar-refractivity contribution in [3.63, 3.8) is 0 Å². The van der Waals surface area contributed by atoms with Crippen molar-refractivity contribution in [3.8, 4) is 5.69 Å². The Morgan fingerprint density at radius 2 is 1.64 bits per heavy atom. The number of rotatable bonds is 4. The molecule has 0 spiro atoms. The van der Waals surface area contributed by atoms with Crippen LogP contribution in [-0.4, -0.2) is 57.6 Å². The zero-order valence-corrected chi connectivity index (χ0v) is 16.5. The molecule has 0 unspecified atom stereocenters. The minimum atomic E-state index is -0.00946. The fourth-order valence-electron chi connectivity index (χ4n) is 3.71. The van der Waals surface area contributed by atoms with Crippen molar-refractivity contribution in [2.45, 2.75) is 26.7 Å². The summed E-state index contributed by atoms with van der Waals surface area (Å²) in [6.45, 7) is 6.45. The van der Waals surface area contributed by atoms with E-state index in [0.29, 0.717) is 26.2 Å². The summed E-state index contributed by atoms with van der Waals surface area (Å²) in [5.41, 5.74) is 3.88. The number of aromatic nitrogens is 2. The Bertz CT molecular complexity index is 904. The van der Waals surface area contributed by atoms with Crippen LogP contribution in [0.4, 0.5) is 0 Å². The molecule has 2 aliphatic rings. The third-order valence-corrected chi connectivity index (χ3v) is 5.57. The number of hydrogen-bond donors (Lipinski definition) is 0. The highest BCUT2D eigenvalue weighted by Gasteiger charge is 2.34. The maximum atomic E-state index is 12.6. The standard InChI is InChI=1S/C22H26N4O2/c1-16-20(17(2)26(23-16)19-6-4-3-5-7-19)10-11-21(27)24-12-14-25(15-13-24)22(28)18-8-9-18/h3-7,10-11,18H,8-9,12-15H2,1-2H3. The Morgan fingerprint density at radius 1 is 1.00 bits per heavy atom. The first-order valence-electron chi connectivity index (χ1n) is 9.92. The van der Waals surface area contributed by atoms with Gasteiger partial charge in [0.25, 0.3) is 0 Å². The van der Waals surface area contributed by atoms with Crippen molar-refractivity contribution in [1.82, 2.24) is 19.6 Å². The topological polar surface area (TPSA) is 58.4 Å². The fourth-order valence-corrected chi connectivity index (χ4v) is 3.71. The second kappa shape index (κ2) is 7.62. The van der Waals surface area contributed by atoms with E-state index in [1.165, 1.54) is 0 Å². The molecule has 28 heavy (non-hydrogen) atoms. The monoisotopic (exact) mass is 378 g/mol. The van der Waals surface area contributed by atoms with E-state index >= 15 is 0 Å². The lowest BCUT2D eigenvalue weighted by Gasteiger charge is -2.34. The summed E-state index contributed by atoms with van der Waals surface area (Å²) in [7, 11) is 0. The van der Waals surface area contributed by atoms with E-state index < -0.39 is 0 Å². The smallest absolute Gasteiger partial charge is 0.246 e. The summed E-state index contributed by atoms with van der Waals surface area (Å²) in [6, 6.07) is 9.98. The molecular formula is C22H26N4O2. The Morgan fingerprint density at radius 3 is 2.29 bits per heavy atom. The number of para-hydroxylation sites is 1. The van der Waals surface area contributed by atoms with Gasteiger partial charge in [-0.2, -0.15) is 5.10 Å². The van der Waals surface area contributed by atoms with Gasteiger partial charge in [-0.05, 0) is 44.9 Å². The molecule has 0 radical (unpaired) electrons. The first kappa shape index (κ1) is 18.5. The van der Waals surface area contributed by atoms with Crippen molar-refractivity contribution in [2.75, 3.05) is 26.2 Å². The molecular weight excluding hydrogens is 352 g/mol. The second-order valence-corrected chi connectivity index (χ2v) is 7.59. The van der Waals surface area contributed by atoms with E-state index in [2.05, 4.69) is 5.10 Å². The molecule has 4 rings (SSSR count). The number of piperazine rings is 1. The first-order chi connectivity index (χ1) is 13.5. The minimum Gasteiger partial charge on any atom is -0.339 e. The average Bonchev–Trinajstić information content (AvgIpc) is 3.53. The zero-order chi connectivity index (χ0) is 19.7. The van der Waals surface area contributed by atoms with Crippen molar-refractivity contribution < 1.29 is 9.59 Å². The van der Waals surface area contributed by atoms with Gasteiger partial charge in [-0.1, -0.05) is 18.2 Å². The molecule has 1 aromatic heterocycles. The molecule has 0 bridgehead atoms. The van der Waals surface area contributed by atoms with Crippen LogP contribution in [0.25, 0.3) is 11.8 Å². The van der Waals surface area contributed by atoms with Crippen LogP contribution < -0.4 is 0 Å². The zero-order valence-electron chi connectivity index (χ0n) is 16.5. The van der Waals surface area contributed by atoms with E-state index in [0.717, 1.165) is 35.5 Å². The SMILES string of the molecule is Cc1nn(-c2ccccc2)c(C)c1C=CC(=O)N1CCN(C(=O)C2CC2)CC1. The largest absolute Gasteiger partial charge is 0.339 e. The van der Waals surface area contributed by atoms with E-state index in [1.54, 1.807) is 6.08 Å². The Labute approximate surface area is 165 Å². The van der Waals surface area contributed by atoms with Gasteiger partial charge in [0.05, 0.1) is 11.4 Å². The van der Waals surface area contributed by atoms with Gasteiger partial charge in [-0.3, -0.25) is 9.59 Å². The summed E-state index contributed by atoms with van der Waals surface area (Å²) in [5.74, 6) is 0.501. The van der Waals surface area contributed by atoms with Crippen molar-refractivity contribution in [2.24, 2.45) is 5.92 Å². The van der Waals surface area contributed by atoms with Crippen LogP contribution in [0.5, 0.6) is 0 Å². The number of carbonyl (C=O) groups is 2. The third kappa shape index (κ3) is 3.72. The van der Waals surface area contributed by atoms with E-state index in [1.807, 2.05) is 64.7 Å². The Hall–Kier alpha value is -2.89. The second-order valence-electron chi connectivity index (χ2n) is 7.59. The highest BCUT2D eigenvalue weighted by molar-refractivity contribution is 5.92. The van der Waals surface area contributed by atoms with Gasteiger partial charge in [0, 0.05) is 49.4 Å². The molecule has 6 heteroatoms. The number of carbonyl (C=O) groups excluding carboxylic acids is 2. The summed E-state index contributed by atoms with van der Waals surface area (Å²) >= 11 is 0. The maximum Gasteiger partial charge on any atom is 0.246 e. The molecule has 1 saturated heterocycles. The molecule has 1 aliphatic heterocycles. The molecule has 2 aromatic rings. The molecule has 1 aliphatic carbocycles. The number of nitrogens with zero attached hydrogens (tertiary/aromatic N) is 4. The molecule has 2 amide bonds. The third-order valence-electron chi connectivity index (χ3n) is 5.57. The van der Waals surface area contributed by atoms with E-state index in [-0.39, 0.29) is 17.7 Å². The lowest BCUT2D eigenvalue weighted by molar-refractivity contribution is -0.138. The fraction of sp³-hybridized carbons (Fsp3) is 0.409. The minimum absolute atomic E-state index is 0.00946. The number of amides is 2. The first-order valence-corrected chi connectivity index (χ1v) is 9.92. The molecule has 1 saturated carbocycles. The Balaban J connectivity index is 1.41. The van der Waals surface area contributed by atoms with Crippen LogP contribution in [0.1, 0.15) is 29.8 Å². The summed E-state index contributed by atoms with van der Waals surface area (Å²) in [6.07, 6.45) is 5.54. The van der Waals surface area contributed by atoms with Crippen LogP contribution in [0.15, 0.2) is 36.4 Å². The van der Waals surface area contributed by atoms with Crippen LogP contribution in [-0.2, 0) is 9.59 Å². The highest BCUT2D eigenvalue weighted by atomic mass is 16.2. The van der Waals surface area contributed by atoms with Gasteiger partial charge in [0.2, 0.25) is 11.8 Å². The predicted octanol–water partition coefficient (Wildman–Crippen LogP) is 2.58. The van der Waals surface area contributed by atoms with Crippen molar-refractivity contribution in [3.05, 3.63) is 53.4 Å². The van der Waals surface area contributed by atoms with E-state index in [9.17, 15) is 9.59 Å². The van der Waals surface area contributed by atoms with Gasteiger partial charge < -0.3 is 9.80 Å². The predicted molar refractivity (Wildman–Crippen MR) is 108 cm³/mol. The van der Waals surface area contributed by atoms with Crippen LogP contribution in [0, 0.1) is 19.8 Å². The summed E-state index contributed by atoms with van der Waals surface area (Å²) in [4.78, 5) is 28.5. The van der Waals surface area contributed by atoms with Crippen molar-refractivity contribution >= 4 is 17.9 Å². The van der Waals surface area contributed by atoms with Crippen molar-refractivity contribution in [1.29, 1.82) is 0 Å². The highest BCUT2D eigenvalue weighted by Crippen LogP contribution is 2.31. The number of benzene rings is 1. The van der Waals surface area contributed by atoms with Gasteiger partial charge in [0.15, 0.2) is 0 Å². The Kier molecular flexibility index (Phi) is 5.03. The molecule has 2 heterocycles. The lowest BCUT2D eigenvalue weighted by Crippen LogP contribution is -2.50. The van der Waals surface area contributed by atoms with E-state index in [4.69, 9.17) is 0 Å². The normalized spacial score (nSPS) is 17.4. The van der Waals surface area contributed by atoms with Gasteiger partial charge in [-0.25, -0.2) is 4.68 Å². The van der Waals surface area contributed by atoms with Crippen LogP contribution >= 0.6 is 0 Å². The van der Waals surface area contributed by atoms with Gasteiger partial charge in [-0.15, -0.1) is 0 Å². The number of aryl methyl sites for hydroxylation is 1.